The molecule has 1 aromatic rings. The Kier molecular flexibility index (Phi) is 7.77. The molecule has 0 N–H and O–H groups in total. The lowest BCUT2D eigenvalue weighted by molar-refractivity contribution is -0.159. The van der Waals surface area contributed by atoms with Gasteiger partial charge in [-0.25, -0.2) is 0 Å². The molecule has 2 heterocycles. The zero-order valence-electron chi connectivity index (χ0n) is 14.4. The number of hydrogen-bond donors (Lipinski definition) is 0. The van der Waals surface area contributed by atoms with Gasteiger partial charge in [0.1, 0.15) is 10.1 Å². The molecule has 1 aliphatic heterocycles. The molecule has 0 aromatic carbocycles. The van der Waals surface area contributed by atoms with Crippen LogP contribution in [0.15, 0.2) is 22.8 Å². The number of methoxy groups -OCH3 is 2. The fourth-order valence-electron chi connectivity index (χ4n) is 2.76. The Morgan fingerprint density at radius 1 is 1.24 bits per heavy atom. The van der Waals surface area contributed by atoms with Crippen molar-refractivity contribution in [3.8, 4) is 0 Å². The van der Waals surface area contributed by atoms with Gasteiger partial charge < -0.3 is 18.8 Å². The van der Waals surface area contributed by atoms with Crippen molar-refractivity contribution in [2.45, 2.75) is 30.9 Å². The molecular formula is C17H23NO5S2. The van der Waals surface area contributed by atoms with Gasteiger partial charge in [-0.3, -0.25) is 9.59 Å². The molecule has 0 amide bonds. The Labute approximate surface area is 157 Å². The standard InChI is InChI=1S/C17H23NO5S2/c1-21-15(19)12(16(20)22-2)11-14(13-7-6-10-23-13)25-17(24)18-8-4-3-5-9-18/h6-7,10,12,14H,3-5,8-9,11H2,1-2H3. The van der Waals surface area contributed by atoms with Crippen molar-refractivity contribution in [2.75, 3.05) is 27.3 Å². The van der Waals surface area contributed by atoms with Crippen LogP contribution in [0.3, 0.4) is 0 Å². The smallest absolute Gasteiger partial charge is 0.320 e. The number of likely N-dealkylation sites (tertiary alicyclic amines) is 1. The van der Waals surface area contributed by atoms with E-state index in [1.165, 1.54) is 32.4 Å². The van der Waals surface area contributed by atoms with Crippen molar-refractivity contribution < 1.29 is 23.5 Å². The minimum absolute atomic E-state index is 0.200. The third-order valence-corrected chi connectivity index (χ3v) is 5.86. The summed E-state index contributed by atoms with van der Waals surface area (Å²) in [5, 5.41) is -0.271. The average Bonchev–Trinajstić information content (AvgIpc) is 3.19. The number of rotatable bonds is 6. The number of thiocarbonyl (C=S) groups is 1. The Hall–Kier alpha value is -1.54. The second-order valence-electron chi connectivity index (χ2n) is 5.77. The summed E-state index contributed by atoms with van der Waals surface area (Å²) < 4.78 is 15.8. The quantitative estimate of drug-likeness (QED) is 0.420. The van der Waals surface area contributed by atoms with E-state index in [0.717, 1.165) is 30.3 Å². The lowest BCUT2D eigenvalue weighted by Gasteiger charge is -2.30. The number of hydrogen-bond acceptors (Lipinski definition) is 7. The molecule has 1 aliphatic rings. The van der Waals surface area contributed by atoms with Gasteiger partial charge in [-0.2, -0.15) is 0 Å². The van der Waals surface area contributed by atoms with Crippen LogP contribution in [0.25, 0.3) is 0 Å². The van der Waals surface area contributed by atoms with Gasteiger partial charge in [0, 0.05) is 13.1 Å². The van der Waals surface area contributed by atoms with Crippen molar-refractivity contribution in [2.24, 2.45) is 5.92 Å². The van der Waals surface area contributed by atoms with Crippen LogP contribution >= 0.6 is 24.0 Å². The normalized spacial score (nSPS) is 15.7. The van der Waals surface area contributed by atoms with E-state index in [1.54, 1.807) is 12.3 Å². The minimum atomic E-state index is -1.01. The van der Waals surface area contributed by atoms with Gasteiger partial charge >= 0.3 is 11.9 Å². The van der Waals surface area contributed by atoms with Crippen LogP contribution in [-0.4, -0.2) is 48.5 Å². The van der Waals surface area contributed by atoms with Crippen molar-refractivity contribution in [1.29, 1.82) is 0 Å². The first-order valence-electron chi connectivity index (χ1n) is 8.21. The highest BCUT2D eigenvalue weighted by atomic mass is 32.2. The highest BCUT2D eigenvalue weighted by Gasteiger charge is 2.34. The maximum Gasteiger partial charge on any atom is 0.320 e. The molecule has 1 unspecified atom stereocenters. The Balaban J connectivity index is 2.13. The van der Waals surface area contributed by atoms with E-state index in [1.807, 2.05) is 6.07 Å². The molecule has 25 heavy (non-hydrogen) atoms. The molecule has 0 bridgehead atoms. The Morgan fingerprint density at radius 3 is 2.40 bits per heavy atom. The first kappa shape index (κ1) is 19.8. The zero-order chi connectivity index (χ0) is 18.2. The maximum absolute atomic E-state index is 12.0. The van der Waals surface area contributed by atoms with Crippen molar-refractivity contribution >= 4 is 40.2 Å². The van der Waals surface area contributed by atoms with Gasteiger partial charge in [0.15, 0.2) is 5.92 Å². The molecule has 1 atom stereocenters. The van der Waals surface area contributed by atoms with Gasteiger partial charge in [0.05, 0.1) is 25.7 Å². The SMILES string of the molecule is COC(=O)C(CC(SC(=S)N1CCCCC1)c1ccco1)C(=O)OC. The molecule has 0 radical (unpaired) electrons. The highest BCUT2D eigenvalue weighted by Crippen LogP contribution is 2.38. The summed E-state index contributed by atoms with van der Waals surface area (Å²) in [5.41, 5.74) is 0. The van der Waals surface area contributed by atoms with Gasteiger partial charge in [0.2, 0.25) is 0 Å². The lowest BCUT2D eigenvalue weighted by Crippen LogP contribution is -2.33. The van der Waals surface area contributed by atoms with Crippen LogP contribution < -0.4 is 0 Å². The average molecular weight is 386 g/mol. The Bertz CT molecular complexity index is 568. The van der Waals surface area contributed by atoms with Crippen LogP contribution in [0.1, 0.15) is 36.7 Å². The molecule has 0 aliphatic carbocycles. The van der Waals surface area contributed by atoms with Crippen LogP contribution in [0.2, 0.25) is 0 Å². The molecular weight excluding hydrogens is 362 g/mol. The van der Waals surface area contributed by atoms with E-state index in [9.17, 15) is 9.59 Å². The second kappa shape index (κ2) is 9.82. The summed E-state index contributed by atoms with van der Waals surface area (Å²) in [6.07, 6.45) is 5.24. The van der Waals surface area contributed by atoms with E-state index >= 15 is 0 Å². The number of nitrogens with zero attached hydrogens (tertiary/aromatic N) is 1. The summed E-state index contributed by atoms with van der Waals surface area (Å²) in [6, 6.07) is 3.60. The topological polar surface area (TPSA) is 69.0 Å². The van der Waals surface area contributed by atoms with Crippen LogP contribution in [0.4, 0.5) is 0 Å². The molecule has 1 aromatic heterocycles. The minimum Gasteiger partial charge on any atom is -0.468 e. The number of carbonyl (C=O) groups excluding carboxylic acids is 2. The van der Waals surface area contributed by atoms with Crippen molar-refractivity contribution in [1.82, 2.24) is 4.90 Å². The third-order valence-electron chi connectivity index (χ3n) is 4.14. The van der Waals surface area contributed by atoms with Gasteiger partial charge in [-0.1, -0.05) is 24.0 Å². The monoisotopic (exact) mass is 385 g/mol. The fourth-order valence-corrected chi connectivity index (χ4v) is 4.40. The van der Waals surface area contributed by atoms with Crippen LogP contribution in [-0.2, 0) is 19.1 Å². The number of esters is 2. The summed E-state index contributed by atoms with van der Waals surface area (Å²) in [6.45, 7) is 1.88. The molecule has 0 spiro atoms. The van der Waals surface area contributed by atoms with Crippen molar-refractivity contribution in [3.63, 3.8) is 0 Å². The molecule has 1 fully saturated rings. The summed E-state index contributed by atoms with van der Waals surface area (Å²) in [7, 11) is 2.51. The van der Waals surface area contributed by atoms with E-state index in [4.69, 9.17) is 26.1 Å². The maximum atomic E-state index is 12.0. The second-order valence-corrected chi connectivity index (χ2v) is 7.61. The van der Waals surface area contributed by atoms with Gasteiger partial charge in [-0.15, -0.1) is 0 Å². The highest BCUT2D eigenvalue weighted by molar-refractivity contribution is 8.23. The zero-order valence-corrected chi connectivity index (χ0v) is 16.1. The number of furan rings is 1. The fraction of sp³-hybridized carbons (Fsp3) is 0.588. The first-order chi connectivity index (χ1) is 12.1. The lowest BCUT2D eigenvalue weighted by atomic mass is 10.0. The number of ether oxygens (including phenoxy) is 2. The van der Waals surface area contributed by atoms with Gasteiger partial charge in [0.25, 0.3) is 0 Å². The predicted molar refractivity (Wildman–Crippen MR) is 99.2 cm³/mol. The molecule has 6 nitrogen and oxygen atoms in total. The number of carbonyl (C=O) groups is 2. The van der Waals surface area contributed by atoms with Crippen molar-refractivity contribution in [3.05, 3.63) is 24.2 Å². The molecule has 138 valence electrons. The third kappa shape index (κ3) is 5.47. The molecule has 1 saturated heterocycles. The molecule has 0 saturated carbocycles. The van der Waals surface area contributed by atoms with E-state index in [2.05, 4.69) is 4.90 Å². The van der Waals surface area contributed by atoms with E-state index < -0.39 is 17.9 Å². The first-order valence-corrected chi connectivity index (χ1v) is 9.50. The van der Waals surface area contributed by atoms with E-state index in [-0.39, 0.29) is 11.7 Å². The van der Waals surface area contributed by atoms with Crippen LogP contribution in [0.5, 0.6) is 0 Å². The van der Waals surface area contributed by atoms with Gasteiger partial charge in [-0.05, 0) is 37.8 Å². The Morgan fingerprint density at radius 2 is 1.88 bits per heavy atom. The number of thioether (sulfide) groups is 1. The summed E-state index contributed by atoms with van der Waals surface area (Å²) >= 11 is 7.02. The largest absolute Gasteiger partial charge is 0.468 e. The predicted octanol–water partition coefficient (Wildman–Crippen LogP) is 3.18. The summed E-state index contributed by atoms with van der Waals surface area (Å²) in [5.74, 6) is -1.58. The van der Waals surface area contributed by atoms with E-state index in [0.29, 0.717) is 5.76 Å². The number of piperidine rings is 1. The molecule has 2 rings (SSSR count). The summed E-state index contributed by atoms with van der Waals surface area (Å²) in [4.78, 5) is 26.2. The molecule has 8 heteroatoms. The van der Waals surface area contributed by atoms with Crippen LogP contribution in [0, 0.1) is 5.92 Å².